The van der Waals surface area contributed by atoms with Crippen LogP contribution in [0, 0.1) is 17.8 Å². The van der Waals surface area contributed by atoms with E-state index >= 15 is 0 Å². The van der Waals surface area contributed by atoms with Gasteiger partial charge in [0.2, 0.25) is 0 Å². The molecular formula is C69H99N3O9. The molecule has 3 saturated carbocycles. The molecule has 12 nitrogen and oxygen atoms in total. The summed E-state index contributed by atoms with van der Waals surface area (Å²) in [5, 5.41) is 9.18. The van der Waals surface area contributed by atoms with E-state index in [1.54, 1.807) is 54.7 Å². The second-order valence-corrected chi connectivity index (χ2v) is 26.7. The fourth-order valence-electron chi connectivity index (χ4n) is 16.1. The molecule has 3 aromatic rings. The summed E-state index contributed by atoms with van der Waals surface area (Å²) in [5.74, 6) is 4.21. The van der Waals surface area contributed by atoms with Crippen LogP contribution in [0.25, 0.3) is 0 Å². The average Bonchev–Trinajstić information content (AvgIpc) is 4.59. The van der Waals surface area contributed by atoms with Gasteiger partial charge in [0.15, 0.2) is 0 Å². The topological polar surface area (TPSA) is 143 Å². The molecule has 12 heteroatoms. The zero-order valence-electron chi connectivity index (χ0n) is 49.8. The Morgan fingerprint density at radius 3 is 0.988 bits per heavy atom. The number of nitrogens with one attached hydrogen (secondary N) is 3. The van der Waals surface area contributed by atoms with Crippen molar-refractivity contribution >= 4 is 18.3 Å². The molecule has 12 rings (SSSR count). The zero-order chi connectivity index (χ0) is 56.1. The zero-order valence-corrected chi connectivity index (χ0v) is 49.8. The van der Waals surface area contributed by atoms with Crippen LogP contribution in [-0.2, 0) is 66.9 Å². The van der Waals surface area contributed by atoms with Gasteiger partial charge < -0.3 is 44.4 Å². The number of methoxy groups -OCH3 is 3. The molecule has 3 N–H and O–H groups in total. The van der Waals surface area contributed by atoms with Crippen molar-refractivity contribution in [3.63, 3.8) is 0 Å². The molecule has 0 bridgehead atoms. The molecular weight excluding hydrogens is 1010 g/mol. The third-order valence-electron chi connectivity index (χ3n) is 20.8. The number of rotatable bonds is 21. The van der Waals surface area contributed by atoms with Crippen molar-refractivity contribution in [3.8, 4) is 0 Å². The SMILES string of the molecule is COCCCCCC1CCc2cc([C@H]3CC[C@]4(COC(=O)N4)C3)ccc2C1.COCCCCC[C@@H]1CCc2cc([C@H]3CC[C@]4(COC(=O)N4)C3)ccc2C1.COCCCCC[C@H]1CCc2cc([C@H]3CC[C@]4(COC(=O)N4)C3)ccc2C1. The van der Waals surface area contributed by atoms with E-state index in [-0.39, 0.29) is 34.9 Å². The summed E-state index contributed by atoms with van der Waals surface area (Å²) in [5.41, 5.74) is 13.5. The number of carbonyl (C=O) groups is 3. The third-order valence-corrected chi connectivity index (χ3v) is 20.8. The maximum absolute atomic E-state index is 11.5. The van der Waals surface area contributed by atoms with Crippen LogP contribution in [0.2, 0.25) is 0 Å². The summed E-state index contributed by atoms with van der Waals surface area (Å²) in [6.45, 7) is 4.32. The molecule has 6 fully saturated rings. The number of hydrogen-bond donors (Lipinski definition) is 3. The van der Waals surface area contributed by atoms with Gasteiger partial charge in [0.1, 0.15) is 19.8 Å². The standard InChI is InChI=1S/3C23H33NO3/c3*1-26-12-4-2-3-5-17-6-7-19-14-20(9-8-18(19)13-17)21-10-11-23(15-21)16-27-22(25)24-23/h3*8-9,14,17,21H,2-7,10-13,15-16H2,1H3,(H,24,25)/t17?,21-,23+;17-,21+,23-;17-,21-,23+/m010/s1. The van der Waals surface area contributed by atoms with E-state index in [9.17, 15) is 14.4 Å². The quantitative estimate of drug-likeness (QED) is 0.0702. The summed E-state index contributed by atoms with van der Waals surface area (Å²) in [7, 11) is 5.36. The lowest BCUT2D eigenvalue weighted by atomic mass is 9.79. The lowest BCUT2D eigenvalue weighted by Gasteiger charge is -2.26. The third kappa shape index (κ3) is 15.8. The van der Waals surface area contributed by atoms with E-state index in [0.717, 1.165) is 95.4 Å². The van der Waals surface area contributed by atoms with Crippen LogP contribution in [-0.4, -0.2) is 95.9 Å². The van der Waals surface area contributed by atoms with Gasteiger partial charge in [-0.3, -0.25) is 0 Å². The summed E-state index contributed by atoms with van der Waals surface area (Å²) >= 11 is 0. The Hall–Kier alpha value is -4.65. The van der Waals surface area contributed by atoms with Crippen LogP contribution in [0.4, 0.5) is 14.4 Å². The molecule has 0 radical (unpaired) electrons. The minimum Gasteiger partial charge on any atom is -0.447 e. The first-order chi connectivity index (χ1) is 39.5. The van der Waals surface area contributed by atoms with Crippen molar-refractivity contribution in [1.29, 1.82) is 0 Å². The van der Waals surface area contributed by atoms with Gasteiger partial charge in [-0.1, -0.05) is 112 Å². The number of cyclic esters (lactones) is 3. The van der Waals surface area contributed by atoms with Gasteiger partial charge in [-0.05, 0) is 220 Å². The average molecular weight is 1110 g/mol. The van der Waals surface area contributed by atoms with Gasteiger partial charge in [-0.2, -0.15) is 0 Å². The second-order valence-electron chi connectivity index (χ2n) is 26.7. The van der Waals surface area contributed by atoms with E-state index in [2.05, 4.69) is 70.5 Å². The molecule has 3 amide bonds. The van der Waals surface area contributed by atoms with Gasteiger partial charge in [0.05, 0.1) is 16.6 Å². The first-order valence-corrected chi connectivity index (χ1v) is 32.2. The highest BCUT2D eigenvalue weighted by Crippen LogP contribution is 2.47. The second kappa shape index (κ2) is 28.3. The van der Waals surface area contributed by atoms with Crippen LogP contribution in [0.5, 0.6) is 0 Å². The fourth-order valence-corrected chi connectivity index (χ4v) is 16.1. The molecule has 6 aliphatic carbocycles. The molecule has 444 valence electrons. The first-order valence-electron chi connectivity index (χ1n) is 32.2. The minimum absolute atomic E-state index is 0.106. The van der Waals surface area contributed by atoms with Gasteiger partial charge in [0, 0.05) is 41.2 Å². The largest absolute Gasteiger partial charge is 0.447 e. The number of benzene rings is 3. The molecule has 1 unspecified atom stereocenters. The van der Waals surface area contributed by atoms with Crippen molar-refractivity contribution in [2.45, 2.75) is 227 Å². The van der Waals surface area contributed by atoms with E-state index < -0.39 is 0 Å². The highest BCUT2D eigenvalue weighted by atomic mass is 16.6. The molecule has 81 heavy (non-hydrogen) atoms. The predicted octanol–water partition coefficient (Wildman–Crippen LogP) is 14.2. The molecule has 9 aliphatic rings. The van der Waals surface area contributed by atoms with E-state index in [0.29, 0.717) is 37.6 Å². The number of alkyl carbamates (subject to hydrolysis) is 3. The van der Waals surface area contributed by atoms with Crippen LogP contribution in [0.15, 0.2) is 54.6 Å². The van der Waals surface area contributed by atoms with Gasteiger partial charge >= 0.3 is 18.3 Å². The summed E-state index contributed by atoms with van der Waals surface area (Å²) in [6, 6.07) is 21.6. The van der Waals surface area contributed by atoms with Gasteiger partial charge in [-0.15, -0.1) is 0 Å². The molecule has 3 spiro atoms. The van der Waals surface area contributed by atoms with Crippen molar-refractivity contribution in [2.75, 3.05) is 61.0 Å². The molecule has 3 aliphatic heterocycles. The van der Waals surface area contributed by atoms with Gasteiger partial charge in [0.25, 0.3) is 0 Å². The lowest BCUT2D eigenvalue weighted by Crippen LogP contribution is -2.40. The normalized spacial score (nSPS) is 29.6. The monoisotopic (exact) mass is 1110 g/mol. The summed E-state index contributed by atoms with van der Waals surface area (Å²) in [4.78, 5) is 34.4. The molecule has 3 saturated heterocycles. The number of carbonyl (C=O) groups excluding carboxylic acids is 3. The van der Waals surface area contributed by atoms with Crippen molar-refractivity contribution in [1.82, 2.24) is 16.0 Å². The molecule has 0 aromatic heterocycles. The van der Waals surface area contributed by atoms with Crippen LogP contribution >= 0.6 is 0 Å². The fraction of sp³-hybridized carbons (Fsp3) is 0.696. The molecule has 3 heterocycles. The lowest BCUT2D eigenvalue weighted by molar-refractivity contribution is 0.171. The maximum Gasteiger partial charge on any atom is 0.407 e. The highest BCUT2D eigenvalue weighted by molar-refractivity contribution is 5.72. The van der Waals surface area contributed by atoms with E-state index in [4.69, 9.17) is 28.4 Å². The Bertz CT molecular complexity index is 2300. The van der Waals surface area contributed by atoms with Gasteiger partial charge in [-0.25, -0.2) is 14.4 Å². The Kier molecular flexibility index (Phi) is 20.8. The molecule has 3 aromatic carbocycles. The van der Waals surface area contributed by atoms with E-state index in [1.165, 1.54) is 152 Å². The number of amides is 3. The van der Waals surface area contributed by atoms with Crippen LogP contribution < -0.4 is 16.0 Å². The van der Waals surface area contributed by atoms with E-state index in [1.807, 2.05) is 0 Å². The molecule has 9 atom stereocenters. The van der Waals surface area contributed by atoms with Crippen LogP contribution in [0.3, 0.4) is 0 Å². The number of fused-ring (bicyclic) bond motifs is 3. The van der Waals surface area contributed by atoms with Crippen LogP contribution in [0.1, 0.15) is 222 Å². The van der Waals surface area contributed by atoms with Crippen molar-refractivity contribution < 1.29 is 42.8 Å². The predicted molar refractivity (Wildman–Crippen MR) is 318 cm³/mol. The number of unbranched alkanes of at least 4 members (excludes halogenated alkanes) is 6. The van der Waals surface area contributed by atoms with Crippen molar-refractivity contribution in [3.05, 3.63) is 105 Å². The number of ether oxygens (including phenoxy) is 6. The number of aryl methyl sites for hydroxylation is 3. The Morgan fingerprint density at radius 2 is 0.716 bits per heavy atom. The Morgan fingerprint density at radius 1 is 0.407 bits per heavy atom. The summed E-state index contributed by atoms with van der Waals surface area (Å²) in [6.07, 6.45) is 35.8. The summed E-state index contributed by atoms with van der Waals surface area (Å²) < 4.78 is 30.9. The highest BCUT2D eigenvalue weighted by Gasteiger charge is 2.48. The minimum atomic E-state index is -0.241. The smallest absolute Gasteiger partial charge is 0.407 e. The Labute approximate surface area is 485 Å². The maximum atomic E-state index is 11.5. The van der Waals surface area contributed by atoms with Crippen molar-refractivity contribution in [2.24, 2.45) is 17.8 Å². The number of hydrogen-bond acceptors (Lipinski definition) is 9. The Balaban J connectivity index is 0.000000136. The first kappa shape index (κ1) is 59.5.